The lowest BCUT2D eigenvalue weighted by molar-refractivity contribution is -0.126. The van der Waals surface area contributed by atoms with Crippen molar-refractivity contribution in [2.75, 3.05) is 5.32 Å². The summed E-state index contributed by atoms with van der Waals surface area (Å²) in [4.78, 5) is 12.3. The monoisotopic (exact) mass is 252 g/mol. The molecule has 0 aromatic carbocycles. The number of rotatable bonds is 4. The number of aryl methyl sites for hydroxylation is 2. The largest absolute Gasteiger partial charge is 0.325 e. The fourth-order valence-electron chi connectivity index (χ4n) is 1.47. The highest BCUT2D eigenvalue weighted by molar-refractivity contribution is 5.96. The number of carbonyl (C=O) groups excluding carboxylic acids is 1. The smallest absolute Gasteiger partial charge is 0.231 e. The minimum atomic E-state index is -0.659. The molecule has 0 fully saturated rings. The first-order valence-electron chi connectivity index (χ1n) is 6.22. The average molecular weight is 252 g/mol. The van der Waals surface area contributed by atoms with Gasteiger partial charge in [0.25, 0.3) is 0 Å². The van der Waals surface area contributed by atoms with Crippen molar-refractivity contribution in [3.63, 3.8) is 0 Å². The maximum atomic E-state index is 12.3. The molecule has 0 spiro atoms. The molecule has 1 aromatic rings. The topological polar surface area (TPSA) is 72.9 Å². The van der Waals surface area contributed by atoms with Gasteiger partial charge in [0.2, 0.25) is 5.91 Å². The molecule has 0 saturated heterocycles. The number of nitrogens with one attached hydrogen (secondary N) is 1. The summed E-state index contributed by atoms with van der Waals surface area (Å²) in [6, 6.07) is 0. The predicted octanol–water partition coefficient (Wildman–Crippen LogP) is 1.68. The molecular formula is C13H24N4O. The maximum absolute atomic E-state index is 12.3. The molecule has 0 atom stereocenters. The zero-order valence-electron chi connectivity index (χ0n) is 12.2. The quantitative estimate of drug-likeness (QED) is 0.856. The van der Waals surface area contributed by atoms with E-state index in [1.54, 1.807) is 4.68 Å². The molecule has 1 aromatic heterocycles. The second kappa shape index (κ2) is 4.72. The van der Waals surface area contributed by atoms with Gasteiger partial charge < -0.3 is 11.1 Å². The minimum Gasteiger partial charge on any atom is -0.325 e. The number of hydrogen-bond donors (Lipinski definition) is 2. The van der Waals surface area contributed by atoms with Crippen LogP contribution in [0.1, 0.15) is 40.3 Å². The third-order valence-corrected chi connectivity index (χ3v) is 3.67. The van der Waals surface area contributed by atoms with Crippen LogP contribution in [0.2, 0.25) is 0 Å². The summed E-state index contributed by atoms with van der Waals surface area (Å²) in [6.45, 7) is 9.43. The molecule has 0 radical (unpaired) electrons. The van der Waals surface area contributed by atoms with Crippen molar-refractivity contribution in [2.24, 2.45) is 18.2 Å². The molecule has 0 aliphatic heterocycles. The lowest BCUT2D eigenvalue weighted by atomic mass is 9.74. The number of nitrogens with zero attached hydrogens (tertiary/aromatic N) is 2. The summed E-state index contributed by atoms with van der Waals surface area (Å²) in [5.41, 5.74) is 6.46. The maximum Gasteiger partial charge on any atom is 0.231 e. The minimum absolute atomic E-state index is 0.0855. The lowest BCUT2D eigenvalue weighted by Gasteiger charge is -2.36. The normalized spacial score (nSPS) is 12.6. The van der Waals surface area contributed by atoms with Crippen LogP contribution in [0.25, 0.3) is 0 Å². The second-order valence-electron chi connectivity index (χ2n) is 5.82. The van der Waals surface area contributed by atoms with Crippen molar-refractivity contribution in [1.29, 1.82) is 0 Å². The number of anilines is 1. The van der Waals surface area contributed by atoms with Crippen molar-refractivity contribution in [1.82, 2.24) is 9.78 Å². The Balaban J connectivity index is 2.94. The Hall–Kier alpha value is -1.36. The number of hydrogen-bond acceptors (Lipinski definition) is 3. The van der Waals surface area contributed by atoms with Gasteiger partial charge in [0.15, 0.2) is 0 Å². The molecule has 5 nitrogen and oxygen atoms in total. The van der Waals surface area contributed by atoms with Gasteiger partial charge in [-0.1, -0.05) is 6.92 Å². The van der Waals surface area contributed by atoms with E-state index in [1.807, 2.05) is 47.9 Å². The highest BCUT2D eigenvalue weighted by Crippen LogP contribution is 2.30. The Morgan fingerprint density at radius 3 is 2.44 bits per heavy atom. The highest BCUT2D eigenvalue weighted by atomic mass is 16.2. The first-order chi connectivity index (χ1) is 8.09. The van der Waals surface area contributed by atoms with Crippen LogP contribution < -0.4 is 11.1 Å². The number of amides is 1. The first-order valence-corrected chi connectivity index (χ1v) is 6.22. The Morgan fingerprint density at radius 1 is 1.44 bits per heavy atom. The molecule has 1 rings (SSSR count). The van der Waals surface area contributed by atoms with E-state index in [1.165, 1.54) is 0 Å². The second-order valence-corrected chi connectivity index (χ2v) is 5.82. The van der Waals surface area contributed by atoms with Gasteiger partial charge in [-0.3, -0.25) is 9.48 Å². The van der Waals surface area contributed by atoms with Crippen molar-refractivity contribution in [2.45, 2.75) is 46.6 Å². The van der Waals surface area contributed by atoms with Crippen LogP contribution in [-0.4, -0.2) is 21.2 Å². The summed E-state index contributed by atoms with van der Waals surface area (Å²) in [6.07, 6.45) is 2.60. The summed E-state index contributed by atoms with van der Waals surface area (Å²) in [7, 11) is 1.84. The predicted molar refractivity (Wildman–Crippen MR) is 73.3 cm³/mol. The molecule has 1 heterocycles. The zero-order chi connectivity index (χ0) is 14.1. The third-order valence-electron chi connectivity index (χ3n) is 3.67. The van der Waals surface area contributed by atoms with Gasteiger partial charge in [-0.15, -0.1) is 0 Å². The molecule has 0 aliphatic carbocycles. The Labute approximate surface area is 109 Å². The summed E-state index contributed by atoms with van der Waals surface area (Å²) >= 11 is 0. The van der Waals surface area contributed by atoms with Gasteiger partial charge in [0.05, 0.1) is 16.8 Å². The molecule has 1 amide bonds. The van der Waals surface area contributed by atoms with Crippen molar-refractivity contribution in [3.8, 4) is 0 Å². The number of aromatic nitrogens is 2. The standard InChI is InChI=1S/C13H24N4O/c1-7-9-10(8-17(6)16-9)15-11(18)12(2,3)13(4,5)14/h8H,7,14H2,1-6H3,(H,15,18). The van der Waals surface area contributed by atoms with E-state index < -0.39 is 11.0 Å². The van der Waals surface area contributed by atoms with E-state index >= 15 is 0 Å². The zero-order valence-corrected chi connectivity index (χ0v) is 12.2. The molecular weight excluding hydrogens is 228 g/mol. The van der Waals surface area contributed by atoms with Crippen LogP contribution in [0, 0.1) is 5.41 Å². The van der Waals surface area contributed by atoms with Crippen molar-refractivity contribution < 1.29 is 4.79 Å². The van der Waals surface area contributed by atoms with E-state index in [0.29, 0.717) is 0 Å². The van der Waals surface area contributed by atoms with E-state index in [9.17, 15) is 4.79 Å². The number of carbonyl (C=O) groups is 1. The Bertz CT molecular complexity index is 440. The van der Waals surface area contributed by atoms with Gasteiger partial charge in [-0.2, -0.15) is 5.10 Å². The number of nitrogens with two attached hydrogens (primary N) is 1. The van der Waals surface area contributed by atoms with E-state index in [-0.39, 0.29) is 5.91 Å². The van der Waals surface area contributed by atoms with Crippen molar-refractivity contribution >= 4 is 11.6 Å². The average Bonchev–Trinajstić information content (AvgIpc) is 2.56. The van der Waals surface area contributed by atoms with Gasteiger partial charge >= 0.3 is 0 Å². The Morgan fingerprint density at radius 2 is 2.00 bits per heavy atom. The fourth-order valence-corrected chi connectivity index (χ4v) is 1.47. The van der Waals surface area contributed by atoms with E-state index in [4.69, 9.17) is 5.73 Å². The molecule has 3 N–H and O–H groups in total. The summed E-state index contributed by atoms with van der Waals surface area (Å²) in [5, 5.41) is 7.22. The van der Waals surface area contributed by atoms with Gasteiger partial charge in [-0.05, 0) is 34.1 Å². The highest BCUT2D eigenvalue weighted by Gasteiger charge is 2.40. The SMILES string of the molecule is CCc1nn(C)cc1NC(=O)C(C)(C)C(C)(C)N. The van der Waals surface area contributed by atoms with Crippen molar-refractivity contribution in [3.05, 3.63) is 11.9 Å². The van der Waals surface area contributed by atoms with Gasteiger partial charge in [-0.25, -0.2) is 0 Å². The molecule has 0 saturated carbocycles. The van der Waals surface area contributed by atoms with Crippen LogP contribution >= 0.6 is 0 Å². The molecule has 5 heteroatoms. The fraction of sp³-hybridized carbons (Fsp3) is 0.692. The lowest BCUT2D eigenvalue weighted by Crippen LogP contribution is -2.53. The summed E-state index contributed by atoms with van der Waals surface area (Å²) < 4.78 is 1.70. The van der Waals surface area contributed by atoms with E-state index in [0.717, 1.165) is 17.8 Å². The molecule has 0 aliphatic rings. The Kier molecular flexibility index (Phi) is 3.86. The van der Waals surface area contributed by atoms with Gasteiger partial charge in [0, 0.05) is 18.8 Å². The molecule has 102 valence electrons. The van der Waals surface area contributed by atoms with Crippen LogP contribution in [-0.2, 0) is 18.3 Å². The molecule has 0 bridgehead atoms. The van der Waals surface area contributed by atoms with Gasteiger partial charge in [0.1, 0.15) is 0 Å². The molecule has 0 unspecified atom stereocenters. The van der Waals surface area contributed by atoms with Crippen LogP contribution in [0.3, 0.4) is 0 Å². The van der Waals surface area contributed by atoms with Crippen LogP contribution in [0.5, 0.6) is 0 Å². The van der Waals surface area contributed by atoms with Crippen LogP contribution in [0.15, 0.2) is 6.20 Å². The first kappa shape index (κ1) is 14.7. The summed E-state index contributed by atoms with van der Waals surface area (Å²) in [5.74, 6) is -0.0855. The van der Waals surface area contributed by atoms with Crippen LogP contribution in [0.4, 0.5) is 5.69 Å². The third kappa shape index (κ3) is 2.72. The van der Waals surface area contributed by atoms with E-state index in [2.05, 4.69) is 10.4 Å². The molecule has 18 heavy (non-hydrogen) atoms.